The molecule has 0 heterocycles. The number of hydrogen-bond acceptors (Lipinski definition) is 2. The molecule has 0 radical (unpaired) electrons. The molecule has 0 aliphatic heterocycles. The van der Waals surface area contributed by atoms with Crippen molar-refractivity contribution in [3.8, 4) is 0 Å². The highest BCUT2D eigenvalue weighted by Gasteiger charge is 2.26. The number of carboxylic acids is 2. The Kier molecular flexibility index (Phi) is 9.13. The number of carboxylic acid groups (broad SMARTS) is 2. The van der Waals surface area contributed by atoms with Gasteiger partial charge in [0.1, 0.15) is 0 Å². The van der Waals surface area contributed by atoms with Gasteiger partial charge in [-0.25, -0.2) is 0 Å². The van der Waals surface area contributed by atoms with Crippen LogP contribution in [0.25, 0.3) is 0 Å². The summed E-state index contributed by atoms with van der Waals surface area (Å²) in [5.41, 5.74) is 2.41. The van der Waals surface area contributed by atoms with E-state index in [0.29, 0.717) is 19.3 Å². The minimum atomic E-state index is -0.889. The molecular formula is C20H30O4. The summed E-state index contributed by atoms with van der Waals surface area (Å²) in [5, 5.41) is 18.7. The van der Waals surface area contributed by atoms with E-state index in [9.17, 15) is 19.8 Å². The van der Waals surface area contributed by atoms with E-state index in [1.165, 1.54) is 5.56 Å². The largest absolute Gasteiger partial charge is 0.481 e. The van der Waals surface area contributed by atoms with Crippen LogP contribution in [0, 0.1) is 11.8 Å². The summed E-state index contributed by atoms with van der Waals surface area (Å²) in [6.45, 7) is 4.15. The molecule has 0 amide bonds. The molecule has 2 atom stereocenters. The summed E-state index contributed by atoms with van der Waals surface area (Å²) in [6.07, 6.45) is 5.83. The average Bonchev–Trinajstić information content (AvgIpc) is 2.55. The summed E-state index contributed by atoms with van der Waals surface area (Å²) in [5.74, 6) is -2.92. The number of carbonyl (C=O) groups is 2. The Morgan fingerprint density at radius 3 is 1.79 bits per heavy atom. The molecule has 1 rings (SSSR count). The fourth-order valence-electron chi connectivity index (χ4n) is 2.98. The second-order valence-electron chi connectivity index (χ2n) is 6.55. The average molecular weight is 334 g/mol. The van der Waals surface area contributed by atoms with E-state index in [1.807, 2.05) is 6.92 Å². The van der Waals surface area contributed by atoms with Crippen molar-refractivity contribution < 1.29 is 19.8 Å². The van der Waals surface area contributed by atoms with Crippen LogP contribution >= 0.6 is 0 Å². The lowest BCUT2D eigenvalue weighted by molar-refractivity contribution is -0.146. The maximum absolute atomic E-state index is 11.5. The van der Waals surface area contributed by atoms with E-state index >= 15 is 0 Å². The molecule has 0 saturated carbocycles. The predicted molar refractivity (Wildman–Crippen MR) is 95.2 cm³/mol. The molecule has 2 N–H and O–H groups in total. The molecule has 0 aliphatic carbocycles. The van der Waals surface area contributed by atoms with Gasteiger partial charge in [-0.1, -0.05) is 57.4 Å². The lowest BCUT2D eigenvalue weighted by Gasteiger charge is -2.18. The number of unbranched alkanes of at least 4 members (excludes halogenated alkanes) is 1. The summed E-state index contributed by atoms with van der Waals surface area (Å²) in [6, 6.07) is 8.29. The number of rotatable bonds is 12. The molecule has 24 heavy (non-hydrogen) atoms. The quantitative estimate of drug-likeness (QED) is 0.588. The Morgan fingerprint density at radius 1 is 0.833 bits per heavy atom. The van der Waals surface area contributed by atoms with Gasteiger partial charge in [0, 0.05) is 0 Å². The van der Waals surface area contributed by atoms with Gasteiger partial charge in [-0.3, -0.25) is 9.59 Å². The number of aliphatic carboxylic acids is 2. The van der Waals surface area contributed by atoms with Crippen molar-refractivity contribution in [2.24, 2.45) is 11.8 Å². The highest BCUT2D eigenvalue weighted by atomic mass is 16.4. The standard InChI is InChI=1S/C20H30O4/c1-3-5-7-17(19(21)22)14-18(20(23)24)13-12-16-10-8-15(6-4-2)9-11-16/h8-11,17-18H,3-7,12-14H2,1-2H3,(H,21,22)(H,23,24). The van der Waals surface area contributed by atoms with E-state index in [2.05, 4.69) is 31.2 Å². The van der Waals surface area contributed by atoms with Gasteiger partial charge in [0.25, 0.3) is 0 Å². The summed E-state index contributed by atoms with van der Waals surface area (Å²) in [7, 11) is 0. The van der Waals surface area contributed by atoms with Crippen molar-refractivity contribution in [2.75, 3.05) is 0 Å². The molecule has 1 aromatic carbocycles. The van der Waals surface area contributed by atoms with Gasteiger partial charge in [-0.2, -0.15) is 0 Å². The zero-order chi connectivity index (χ0) is 17.9. The summed E-state index contributed by atoms with van der Waals surface area (Å²) in [4.78, 5) is 22.8. The number of hydrogen-bond donors (Lipinski definition) is 2. The van der Waals surface area contributed by atoms with Crippen LogP contribution in [0.3, 0.4) is 0 Å². The first kappa shape index (κ1) is 20.2. The fourth-order valence-corrected chi connectivity index (χ4v) is 2.98. The van der Waals surface area contributed by atoms with Crippen LogP contribution in [0.15, 0.2) is 24.3 Å². The SMILES string of the molecule is CCCCC(CC(CCc1ccc(CCC)cc1)C(=O)O)C(=O)O. The van der Waals surface area contributed by atoms with Gasteiger partial charge in [0.15, 0.2) is 0 Å². The van der Waals surface area contributed by atoms with E-state index in [-0.39, 0.29) is 6.42 Å². The molecule has 0 aliphatic rings. The molecule has 134 valence electrons. The highest BCUT2D eigenvalue weighted by Crippen LogP contribution is 2.23. The molecule has 4 nitrogen and oxygen atoms in total. The Balaban J connectivity index is 2.61. The Morgan fingerprint density at radius 2 is 1.33 bits per heavy atom. The Labute approximate surface area is 144 Å². The maximum Gasteiger partial charge on any atom is 0.306 e. The first-order chi connectivity index (χ1) is 11.5. The molecule has 0 bridgehead atoms. The monoisotopic (exact) mass is 334 g/mol. The van der Waals surface area contributed by atoms with E-state index in [0.717, 1.165) is 31.2 Å². The van der Waals surface area contributed by atoms with Crippen LogP contribution in [0.4, 0.5) is 0 Å². The van der Waals surface area contributed by atoms with Crippen LogP contribution in [-0.4, -0.2) is 22.2 Å². The summed E-state index contributed by atoms with van der Waals surface area (Å²) < 4.78 is 0. The topological polar surface area (TPSA) is 74.6 Å². The Bertz CT molecular complexity index is 507. The van der Waals surface area contributed by atoms with Crippen molar-refractivity contribution in [3.63, 3.8) is 0 Å². The van der Waals surface area contributed by atoms with Crippen molar-refractivity contribution in [3.05, 3.63) is 35.4 Å². The smallest absolute Gasteiger partial charge is 0.306 e. The maximum atomic E-state index is 11.5. The van der Waals surface area contributed by atoms with Gasteiger partial charge in [-0.15, -0.1) is 0 Å². The van der Waals surface area contributed by atoms with Crippen LogP contribution in [-0.2, 0) is 22.4 Å². The normalized spacial score (nSPS) is 13.4. The van der Waals surface area contributed by atoms with E-state index in [1.54, 1.807) is 0 Å². The minimum absolute atomic E-state index is 0.221. The van der Waals surface area contributed by atoms with E-state index < -0.39 is 23.8 Å². The van der Waals surface area contributed by atoms with Crippen molar-refractivity contribution in [1.29, 1.82) is 0 Å². The van der Waals surface area contributed by atoms with Gasteiger partial charge in [0.2, 0.25) is 0 Å². The highest BCUT2D eigenvalue weighted by molar-refractivity contribution is 5.73. The molecule has 0 aromatic heterocycles. The van der Waals surface area contributed by atoms with Crippen LogP contribution in [0.2, 0.25) is 0 Å². The van der Waals surface area contributed by atoms with Gasteiger partial charge in [0.05, 0.1) is 11.8 Å². The third kappa shape index (κ3) is 7.16. The van der Waals surface area contributed by atoms with E-state index in [4.69, 9.17) is 0 Å². The Hall–Kier alpha value is -1.84. The van der Waals surface area contributed by atoms with Crippen LogP contribution in [0.5, 0.6) is 0 Å². The molecule has 4 heteroatoms. The lowest BCUT2D eigenvalue weighted by Crippen LogP contribution is -2.23. The molecule has 0 fully saturated rings. The molecule has 2 unspecified atom stereocenters. The zero-order valence-electron chi connectivity index (χ0n) is 14.8. The van der Waals surface area contributed by atoms with Gasteiger partial charge in [-0.05, 0) is 43.2 Å². The van der Waals surface area contributed by atoms with Crippen LogP contribution in [0.1, 0.15) is 63.5 Å². The zero-order valence-corrected chi connectivity index (χ0v) is 14.8. The first-order valence-electron chi connectivity index (χ1n) is 9.01. The fraction of sp³-hybridized carbons (Fsp3) is 0.600. The first-order valence-corrected chi connectivity index (χ1v) is 9.01. The number of aryl methyl sites for hydroxylation is 2. The molecule has 1 aromatic rings. The second kappa shape index (κ2) is 10.8. The van der Waals surface area contributed by atoms with Crippen LogP contribution < -0.4 is 0 Å². The third-order valence-electron chi connectivity index (χ3n) is 4.52. The summed E-state index contributed by atoms with van der Waals surface area (Å²) >= 11 is 0. The number of benzene rings is 1. The third-order valence-corrected chi connectivity index (χ3v) is 4.52. The van der Waals surface area contributed by atoms with Gasteiger partial charge >= 0.3 is 11.9 Å². The molecular weight excluding hydrogens is 304 g/mol. The minimum Gasteiger partial charge on any atom is -0.481 e. The van der Waals surface area contributed by atoms with Crippen molar-refractivity contribution in [2.45, 2.75) is 65.2 Å². The lowest BCUT2D eigenvalue weighted by atomic mass is 9.87. The molecule has 0 spiro atoms. The van der Waals surface area contributed by atoms with Gasteiger partial charge < -0.3 is 10.2 Å². The van der Waals surface area contributed by atoms with Crippen molar-refractivity contribution in [1.82, 2.24) is 0 Å². The second-order valence-corrected chi connectivity index (χ2v) is 6.55. The predicted octanol–water partition coefficient (Wildman–Crippen LogP) is 4.55. The molecule has 0 saturated heterocycles. The van der Waals surface area contributed by atoms with Crippen molar-refractivity contribution >= 4 is 11.9 Å².